The molecule has 4 nitrogen and oxygen atoms in total. The average Bonchev–Trinajstić information content (AvgIpc) is 2.67. The molecule has 88 valence electrons. The number of nitrogens with one attached hydrogen (secondary N) is 1. The normalized spacial score (nSPS) is 17.1. The van der Waals surface area contributed by atoms with Gasteiger partial charge >= 0.3 is 0 Å². The molecule has 0 unspecified atom stereocenters. The van der Waals surface area contributed by atoms with Crippen LogP contribution >= 0.6 is 0 Å². The van der Waals surface area contributed by atoms with Gasteiger partial charge in [0.2, 0.25) is 0 Å². The van der Waals surface area contributed by atoms with Gasteiger partial charge < -0.3 is 10.2 Å². The van der Waals surface area contributed by atoms with Crippen LogP contribution in [0, 0.1) is 0 Å². The maximum absolute atomic E-state index is 4.53. The molecule has 1 N–H and O–H groups in total. The second-order valence-corrected chi connectivity index (χ2v) is 4.30. The zero-order valence-corrected chi connectivity index (χ0v) is 9.76. The highest BCUT2D eigenvalue weighted by Crippen LogP contribution is 2.22. The second-order valence-electron chi connectivity index (χ2n) is 4.30. The quantitative estimate of drug-likeness (QED) is 0.801. The molecule has 0 atom stereocenters. The average molecular weight is 228 g/mol. The Bertz CT molecular complexity index is 498. The van der Waals surface area contributed by atoms with Crippen molar-refractivity contribution in [3.05, 3.63) is 30.6 Å². The number of anilines is 1. The molecule has 0 amide bonds. The number of hydrogen-bond donors (Lipinski definition) is 1. The molecule has 0 spiro atoms. The summed E-state index contributed by atoms with van der Waals surface area (Å²) in [5.74, 6) is 1.07. The van der Waals surface area contributed by atoms with E-state index < -0.39 is 0 Å². The fourth-order valence-electron chi connectivity index (χ4n) is 2.30. The lowest BCUT2D eigenvalue weighted by Crippen LogP contribution is -2.28. The van der Waals surface area contributed by atoms with Crippen LogP contribution in [-0.2, 0) is 0 Å². The molecule has 3 heterocycles. The van der Waals surface area contributed by atoms with Crippen LogP contribution in [-0.4, -0.2) is 36.1 Å². The lowest BCUT2D eigenvalue weighted by Gasteiger charge is -2.22. The molecule has 1 aliphatic heterocycles. The van der Waals surface area contributed by atoms with Crippen molar-refractivity contribution >= 4 is 16.7 Å². The van der Waals surface area contributed by atoms with E-state index >= 15 is 0 Å². The molecular weight excluding hydrogens is 212 g/mol. The Morgan fingerprint density at radius 2 is 2.06 bits per heavy atom. The van der Waals surface area contributed by atoms with Crippen LogP contribution in [0.4, 0.5) is 5.82 Å². The summed E-state index contributed by atoms with van der Waals surface area (Å²) < 4.78 is 0. The van der Waals surface area contributed by atoms with E-state index in [-0.39, 0.29) is 0 Å². The minimum absolute atomic E-state index is 1.01. The Kier molecular flexibility index (Phi) is 2.88. The zero-order valence-electron chi connectivity index (χ0n) is 9.76. The van der Waals surface area contributed by atoms with Gasteiger partial charge in [0.05, 0.1) is 5.52 Å². The van der Waals surface area contributed by atoms with Crippen LogP contribution in [0.1, 0.15) is 6.42 Å². The Morgan fingerprint density at radius 3 is 3.06 bits per heavy atom. The predicted octanol–water partition coefficient (Wildman–Crippen LogP) is 1.43. The molecule has 17 heavy (non-hydrogen) atoms. The Balaban J connectivity index is 2.03. The van der Waals surface area contributed by atoms with Gasteiger partial charge in [-0.2, -0.15) is 0 Å². The van der Waals surface area contributed by atoms with Crippen LogP contribution in [0.3, 0.4) is 0 Å². The summed E-state index contributed by atoms with van der Waals surface area (Å²) in [4.78, 5) is 11.3. The summed E-state index contributed by atoms with van der Waals surface area (Å²) >= 11 is 0. The topological polar surface area (TPSA) is 41.1 Å². The number of fused-ring (bicyclic) bond motifs is 1. The maximum atomic E-state index is 4.53. The van der Waals surface area contributed by atoms with Crippen LogP contribution in [0.15, 0.2) is 30.6 Å². The van der Waals surface area contributed by atoms with E-state index in [1.807, 2.05) is 24.5 Å². The third-order valence-corrected chi connectivity index (χ3v) is 3.15. The number of aromatic nitrogens is 2. The molecular formula is C13H16N4. The van der Waals surface area contributed by atoms with Crippen molar-refractivity contribution in [2.45, 2.75) is 6.42 Å². The Hall–Kier alpha value is -1.68. The number of hydrogen-bond acceptors (Lipinski definition) is 4. The highest BCUT2D eigenvalue weighted by Gasteiger charge is 2.13. The highest BCUT2D eigenvalue weighted by molar-refractivity contribution is 5.89. The smallest absolute Gasteiger partial charge is 0.138 e. The van der Waals surface area contributed by atoms with Gasteiger partial charge in [-0.3, -0.25) is 4.98 Å². The SMILES string of the molecule is c1cnc2ccnc(N3CCCNCC3)c2c1. The minimum Gasteiger partial charge on any atom is -0.355 e. The summed E-state index contributed by atoms with van der Waals surface area (Å²) in [5.41, 5.74) is 1.02. The van der Waals surface area contributed by atoms with Crippen molar-refractivity contribution in [1.82, 2.24) is 15.3 Å². The molecule has 0 saturated carbocycles. The van der Waals surface area contributed by atoms with Gasteiger partial charge in [0.15, 0.2) is 0 Å². The molecule has 1 fully saturated rings. The Labute approximate surface area is 101 Å². The molecule has 0 aliphatic carbocycles. The van der Waals surface area contributed by atoms with E-state index in [1.165, 1.54) is 6.42 Å². The van der Waals surface area contributed by atoms with Crippen molar-refractivity contribution in [3.63, 3.8) is 0 Å². The van der Waals surface area contributed by atoms with Crippen molar-refractivity contribution < 1.29 is 0 Å². The third-order valence-electron chi connectivity index (χ3n) is 3.15. The first-order chi connectivity index (χ1) is 8.45. The largest absolute Gasteiger partial charge is 0.355 e. The molecule has 4 heteroatoms. The summed E-state index contributed by atoms with van der Waals surface area (Å²) in [6.45, 7) is 4.20. The first kappa shape index (κ1) is 10.5. The molecule has 2 aromatic rings. The first-order valence-electron chi connectivity index (χ1n) is 6.10. The summed E-state index contributed by atoms with van der Waals surface area (Å²) in [7, 11) is 0. The highest BCUT2D eigenvalue weighted by atomic mass is 15.2. The number of pyridine rings is 2. The third kappa shape index (κ3) is 2.08. The fraction of sp³-hybridized carbons (Fsp3) is 0.385. The van der Waals surface area contributed by atoms with E-state index in [9.17, 15) is 0 Å². The lowest BCUT2D eigenvalue weighted by molar-refractivity contribution is 0.724. The Morgan fingerprint density at radius 1 is 1.06 bits per heavy atom. The van der Waals surface area contributed by atoms with Crippen molar-refractivity contribution in [2.75, 3.05) is 31.1 Å². The lowest BCUT2D eigenvalue weighted by atomic mass is 10.2. The van der Waals surface area contributed by atoms with Crippen molar-refractivity contribution in [2.24, 2.45) is 0 Å². The van der Waals surface area contributed by atoms with Gasteiger partial charge in [-0.25, -0.2) is 4.98 Å². The van der Waals surface area contributed by atoms with Gasteiger partial charge in [-0.1, -0.05) is 0 Å². The number of rotatable bonds is 1. The molecule has 3 rings (SSSR count). The predicted molar refractivity (Wildman–Crippen MR) is 69.2 cm³/mol. The first-order valence-corrected chi connectivity index (χ1v) is 6.10. The number of nitrogens with zero attached hydrogens (tertiary/aromatic N) is 3. The van der Waals surface area contributed by atoms with E-state index in [0.717, 1.165) is 42.9 Å². The maximum Gasteiger partial charge on any atom is 0.138 e. The van der Waals surface area contributed by atoms with Crippen LogP contribution in [0.5, 0.6) is 0 Å². The molecule has 0 aromatic carbocycles. The van der Waals surface area contributed by atoms with Gasteiger partial charge in [0.1, 0.15) is 5.82 Å². The summed E-state index contributed by atoms with van der Waals surface area (Å²) in [6.07, 6.45) is 4.84. The molecule has 1 aliphatic rings. The monoisotopic (exact) mass is 228 g/mol. The molecule has 2 aromatic heterocycles. The van der Waals surface area contributed by atoms with E-state index in [0.29, 0.717) is 0 Å². The van der Waals surface area contributed by atoms with Crippen molar-refractivity contribution in [1.29, 1.82) is 0 Å². The van der Waals surface area contributed by atoms with E-state index in [1.54, 1.807) is 0 Å². The van der Waals surface area contributed by atoms with Crippen LogP contribution in [0.25, 0.3) is 10.9 Å². The van der Waals surface area contributed by atoms with E-state index in [2.05, 4.69) is 26.3 Å². The van der Waals surface area contributed by atoms with Gasteiger partial charge in [0.25, 0.3) is 0 Å². The molecule has 1 saturated heterocycles. The van der Waals surface area contributed by atoms with E-state index in [4.69, 9.17) is 0 Å². The van der Waals surface area contributed by atoms with Crippen LogP contribution in [0.2, 0.25) is 0 Å². The minimum atomic E-state index is 1.01. The fourth-order valence-corrected chi connectivity index (χ4v) is 2.30. The molecule has 0 radical (unpaired) electrons. The standard InChI is InChI=1S/C13H16N4/c1-3-11-12(15-6-1)4-7-16-13(11)17-9-2-5-14-8-10-17/h1,3-4,6-7,14H,2,5,8-10H2. The second kappa shape index (κ2) is 4.67. The zero-order chi connectivity index (χ0) is 11.5. The van der Waals surface area contributed by atoms with Crippen molar-refractivity contribution in [3.8, 4) is 0 Å². The summed E-state index contributed by atoms with van der Waals surface area (Å²) in [5, 5.41) is 4.56. The van der Waals surface area contributed by atoms with Crippen LogP contribution < -0.4 is 10.2 Å². The van der Waals surface area contributed by atoms with Gasteiger partial charge in [-0.05, 0) is 31.2 Å². The van der Waals surface area contributed by atoms with Gasteiger partial charge in [-0.15, -0.1) is 0 Å². The molecule has 0 bridgehead atoms. The summed E-state index contributed by atoms with van der Waals surface area (Å²) in [6, 6.07) is 6.04. The van der Waals surface area contributed by atoms with Gasteiger partial charge in [0, 0.05) is 37.4 Å².